The average Bonchev–Trinajstić information content (AvgIpc) is 2.82. The molecule has 1 aromatic heterocycles. The molecule has 0 aromatic carbocycles. The van der Waals surface area contributed by atoms with E-state index in [2.05, 4.69) is 9.97 Å². The fourth-order valence-corrected chi connectivity index (χ4v) is 1.82. The highest BCUT2D eigenvalue weighted by Crippen LogP contribution is 2.13. The Kier molecular flexibility index (Phi) is 3.53. The van der Waals surface area contributed by atoms with Crippen LogP contribution in [0.25, 0.3) is 0 Å². The molecule has 1 aliphatic rings. The number of carbonyl (C=O) groups is 1. The van der Waals surface area contributed by atoms with E-state index in [-0.39, 0.29) is 12.0 Å². The average molecular weight is 236 g/mol. The lowest BCUT2D eigenvalue weighted by Crippen LogP contribution is -2.34. The van der Waals surface area contributed by atoms with E-state index >= 15 is 0 Å². The minimum absolute atomic E-state index is 0.144. The van der Waals surface area contributed by atoms with Crippen LogP contribution in [0.4, 0.5) is 5.82 Å². The van der Waals surface area contributed by atoms with Gasteiger partial charge >= 0.3 is 0 Å². The largest absolute Gasteiger partial charge is 0.382 e. The maximum Gasteiger partial charge on any atom is 0.273 e. The van der Waals surface area contributed by atoms with E-state index in [1.54, 1.807) is 11.9 Å². The number of nitrogens with zero attached hydrogens (tertiary/aromatic N) is 3. The number of hydrogen-bond acceptors (Lipinski definition) is 5. The number of likely N-dealkylation sites (N-methyl/N-ethyl adjacent to an activating group) is 1. The van der Waals surface area contributed by atoms with Crippen LogP contribution in [0, 0.1) is 0 Å². The summed E-state index contributed by atoms with van der Waals surface area (Å²) in [5, 5.41) is 0. The third-order valence-electron chi connectivity index (χ3n) is 2.74. The first-order valence-electron chi connectivity index (χ1n) is 5.61. The first kappa shape index (κ1) is 11.8. The minimum atomic E-state index is -0.159. The molecule has 1 saturated heterocycles. The zero-order chi connectivity index (χ0) is 12.3. The summed E-state index contributed by atoms with van der Waals surface area (Å²) >= 11 is 0. The number of hydrogen-bond donors (Lipinski definition) is 1. The fraction of sp³-hybridized carbons (Fsp3) is 0.545. The zero-order valence-corrected chi connectivity index (χ0v) is 9.80. The van der Waals surface area contributed by atoms with Crippen LogP contribution < -0.4 is 5.73 Å². The summed E-state index contributed by atoms with van der Waals surface area (Å²) in [5.74, 6) is 0.149. The van der Waals surface area contributed by atoms with Gasteiger partial charge in [-0.1, -0.05) is 0 Å². The van der Waals surface area contributed by atoms with Gasteiger partial charge in [0.1, 0.15) is 11.5 Å². The van der Waals surface area contributed by atoms with Gasteiger partial charge in [-0.2, -0.15) is 0 Å². The number of anilines is 1. The topological polar surface area (TPSA) is 81.3 Å². The van der Waals surface area contributed by atoms with Gasteiger partial charge < -0.3 is 15.4 Å². The molecule has 2 rings (SSSR count). The lowest BCUT2D eigenvalue weighted by molar-refractivity contribution is 0.0582. The Morgan fingerprint density at radius 3 is 3.00 bits per heavy atom. The predicted octanol–water partition coefficient (Wildman–Crippen LogP) is 0.310. The second-order valence-corrected chi connectivity index (χ2v) is 4.15. The number of aromatic nitrogens is 2. The Bertz CT molecular complexity index is 387. The first-order valence-corrected chi connectivity index (χ1v) is 5.61. The van der Waals surface area contributed by atoms with Gasteiger partial charge in [-0.25, -0.2) is 9.97 Å². The van der Waals surface area contributed by atoms with E-state index in [1.165, 1.54) is 12.4 Å². The second kappa shape index (κ2) is 5.09. The molecule has 0 aliphatic carbocycles. The van der Waals surface area contributed by atoms with Crippen molar-refractivity contribution in [1.82, 2.24) is 14.9 Å². The lowest BCUT2D eigenvalue weighted by Gasteiger charge is -2.20. The molecule has 1 aliphatic heterocycles. The molecule has 0 saturated carbocycles. The number of rotatable bonds is 3. The van der Waals surface area contributed by atoms with Crippen molar-refractivity contribution in [3.8, 4) is 0 Å². The molecule has 0 bridgehead atoms. The summed E-state index contributed by atoms with van der Waals surface area (Å²) in [6, 6.07) is 0. The second-order valence-electron chi connectivity index (χ2n) is 4.15. The summed E-state index contributed by atoms with van der Waals surface area (Å²) in [6.07, 6.45) is 4.99. The molecule has 17 heavy (non-hydrogen) atoms. The van der Waals surface area contributed by atoms with E-state index in [0.717, 1.165) is 19.4 Å². The van der Waals surface area contributed by atoms with Crippen LogP contribution in [-0.4, -0.2) is 47.1 Å². The van der Waals surface area contributed by atoms with Gasteiger partial charge in [0, 0.05) is 20.2 Å². The standard InChI is InChI=1S/C11H16N4O2/c1-15(7-8-3-2-4-17-8)11(16)9-5-14-10(12)6-13-9/h5-6,8H,2-4,7H2,1H3,(H2,12,14). The van der Waals surface area contributed by atoms with Crippen molar-refractivity contribution < 1.29 is 9.53 Å². The lowest BCUT2D eigenvalue weighted by atomic mass is 10.2. The third kappa shape index (κ3) is 2.91. The van der Waals surface area contributed by atoms with Crippen LogP contribution in [0.15, 0.2) is 12.4 Å². The molecule has 2 N–H and O–H groups in total. The molecule has 0 radical (unpaired) electrons. The van der Waals surface area contributed by atoms with E-state index in [0.29, 0.717) is 18.1 Å². The first-order chi connectivity index (χ1) is 8.16. The molecule has 0 spiro atoms. The Hall–Kier alpha value is -1.69. The molecular formula is C11H16N4O2. The smallest absolute Gasteiger partial charge is 0.273 e. The fourth-order valence-electron chi connectivity index (χ4n) is 1.82. The molecule has 1 atom stereocenters. The summed E-state index contributed by atoms with van der Waals surface area (Å²) in [6.45, 7) is 1.37. The van der Waals surface area contributed by atoms with Crippen molar-refractivity contribution >= 4 is 11.7 Å². The van der Waals surface area contributed by atoms with Crippen LogP contribution in [0.5, 0.6) is 0 Å². The SMILES string of the molecule is CN(CC1CCCO1)C(=O)c1cnc(N)cn1. The van der Waals surface area contributed by atoms with Crippen LogP contribution >= 0.6 is 0 Å². The van der Waals surface area contributed by atoms with Crippen LogP contribution in [-0.2, 0) is 4.74 Å². The molecule has 92 valence electrons. The van der Waals surface area contributed by atoms with Crippen molar-refractivity contribution in [3.63, 3.8) is 0 Å². The Morgan fingerprint density at radius 1 is 1.59 bits per heavy atom. The van der Waals surface area contributed by atoms with E-state index in [1.807, 2.05) is 0 Å². The number of ether oxygens (including phenoxy) is 1. The van der Waals surface area contributed by atoms with Gasteiger partial charge in [-0.3, -0.25) is 4.79 Å². The molecule has 6 heteroatoms. The van der Waals surface area contributed by atoms with Gasteiger partial charge in [-0.15, -0.1) is 0 Å². The van der Waals surface area contributed by atoms with Gasteiger partial charge in [0.25, 0.3) is 5.91 Å². The summed E-state index contributed by atoms with van der Waals surface area (Å²) in [4.78, 5) is 21.4. The Balaban J connectivity index is 1.96. The monoisotopic (exact) mass is 236 g/mol. The molecule has 6 nitrogen and oxygen atoms in total. The van der Waals surface area contributed by atoms with Crippen molar-refractivity contribution in [1.29, 1.82) is 0 Å². The highest BCUT2D eigenvalue weighted by Gasteiger charge is 2.21. The molecule has 1 amide bonds. The van der Waals surface area contributed by atoms with Crippen LogP contribution in [0.3, 0.4) is 0 Å². The summed E-state index contributed by atoms with van der Waals surface area (Å²) in [5.41, 5.74) is 5.72. The normalized spacial score (nSPS) is 19.2. The van der Waals surface area contributed by atoms with E-state index in [9.17, 15) is 4.79 Å². The highest BCUT2D eigenvalue weighted by atomic mass is 16.5. The van der Waals surface area contributed by atoms with Crippen molar-refractivity contribution in [2.45, 2.75) is 18.9 Å². The van der Waals surface area contributed by atoms with E-state index in [4.69, 9.17) is 10.5 Å². The molecule has 1 unspecified atom stereocenters. The van der Waals surface area contributed by atoms with Crippen LogP contribution in [0.2, 0.25) is 0 Å². The van der Waals surface area contributed by atoms with Crippen molar-refractivity contribution in [2.75, 3.05) is 25.9 Å². The Labute approximate surface area is 99.8 Å². The number of carbonyl (C=O) groups excluding carboxylic acids is 1. The summed E-state index contributed by atoms with van der Waals surface area (Å²) in [7, 11) is 1.74. The molecule has 1 aromatic rings. The van der Waals surface area contributed by atoms with Gasteiger partial charge in [0.05, 0.1) is 18.5 Å². The van der Waals surface area contributed by atoms with Crippen LogP contribution in [0.1, 0.15) is 23.3 Å². The van der Waals surface area contributed by atoms with E-state index < -0.39 is 0 Å². The predicted molar refractivity (Wildman–Crippen MR) is 62.4 cm³/mol. The van der Waals surface area contributed by atoms with Crippen molar-refractivity contribution in [2.24, 2.45) is 0 Å². The number of nitrogen functional groups attached to an aromatic ring is 1. The highest BCUT2D eigenvalue weighted by molar-refractivity contribution is 5.91. The molecular weight excluding hydrogens is 220 g/mol. The Morgan fingerprint density at radius 2 is 2.41 bits per heavy atom. The molecule has 2 heterocycles. The number of nitrogens with two attached hydrogens (primary N) is 1. The maximum absolute atomic E-state index is 12.0. The zero-order valence-electron chi connectivity index (χ0n) is 9.80. The van der Waals surface area contributed by atoms with Gasteiger partial charge in [-0.05, 0) is 12.8 Å². The maximum atomic E-state index is 12.0. The van der Waals surface area contributed by atoms with Crippen molar-refractivity contribution in [3.05, 3.63) is 18.1 Å². The summed E-state index contributed by atoms with van der Waals surface area (Å²) < 4.78 is 5.48. The molecule has 1 fully saturated rings. The van der Waals surface area contributed by atoms with Gasteiger partial charge in [0.2, 0.25) is 0 Å². The number of amides is 1. The van der Waals surface area contributed by atoms with Gasteiger partial charge in [0.15, 0.2) is 0 Å². The third-order valence-corrected chi connectivity index (χ3v) is 2.74. The quantitative estimate of drug-likeness (QED) is 0.816. The minimum Gasteiger partial charge on any atom is -0.382 e.